The van der Waals surface area contributed by atoms with Crippen molar-refractivity contribution in [2.75, 3.05) is 33.2 Å². The lowest BCUT2D eigenvalue weighted by atomic mass is 10.1. The van der Waals surface area contributed by atoms with E-state index in [1.54, 1.807) is 29.0 Å². The second-order valence-corrected chi connectivity index (χ2v) is 7.34. The van der Waals surface area contributed by atoms with Gasteiger partial charge < -0.3 is 9.80 Å². The van der Waals surface area contributed by atoms with Gasteiger partial charge in [0.1, 0.15) is 5.82 Å². The van der Waals surface area contributed by atoms with Gasteiger partial charge in [-0.1, -0.05) is 18.2 Å². The van der Waals surface area contributed by atoms with Gasteiger partial charge in [0, 0.05) is 23.4 Å². The molecule has 1 aliphatic rings. The molecule has 0 spiro atoms. The molecule has 1 amide bonds. The first-order chi connectivity index (χ1) is 14.1. The summed E-state index contributed by atoms with van der Waals surface area (Å²) in [7, 11) is 2.14. The maximum absolute atomic E-state index is 13.4. The SMILES string of the molecule is C[NH+]1CCN(C(=O)/C=C/c2cn(-c3ccccc3)nc2-c2ccc(F)cc2)CC1. The number of hydrogen-bond donors (Lipinski definition) is 1. The molecule has 1 aliphatic heterocycles. The number of nitrogens with zero attached hydrogens (tertiary/aromatic N) is 3. The number of benzene rings is 2. The number of carbonyl (C=O) groups excluding carboxylic acids is 1. The van der Waals surface area contributed by atoms with Crippen LogP contribution in [-0.4, -0.2) is 53.8 Å². The highest BCUT2D eigenvalue weighted by Crippen LogP contribution is 2.25. The molecule has 29 heavy (non-hydrogen) atoms. The molecule has 5 nitrogen and oxygen atoms in total. The van der Waals surface area contributed by atoms with E-state index in [1.807, 2.05) is 41.4 Å². The van der Waals surface area contributed by atoms with Crippen LogP contribution in [0.15, 0.2) is 66.9 Å². The van der Waals surface area contributed by atoms with Gasteiger partial charge in [0.2, 0.25) is 5.91 Å². The van der Waals surface area contributed by atoms with Gasteiger partial charge in [-0.05, 0) is 42.5 Å². The van der Waals surface area contributed by atoms with E-state index >= 15 is 0 Å². The van der Waals surface area contributed by atoms with Crippen LogP contribution < -0.4 is 4.90 Å². The fourth-order valence-corrected chi connectivity index (χ4v) is 3.43. The third-order valence-electron chi connectivity index (χ3n) is 5.22. The smallest absolute Gasteiger partial charge is 0.246 e. The number of para-hydroxylation sites is 1. The quantitative estimate of drug-likeness (QED) is 0.692. The summed E-state index contributed by atoms with van der Waals surface area (Å²) >= 11 is 0. The number of hydrogen-bond acceptors (Lipinski definition) is 2. The second kappa shape index (κ2) is 8.41. The van der Waals surface area contributed by atoms with Gasteiger partial charge in [0.05, 0.1) is 44.6 Å². The van der Waals surface area contributed by atoms with Gasteiger partial charge in [0.15, 0.2) is 0 Å². The van der Waals surface area contributed by atoms with E-state index in [1.165, 1.54) is 17.0 Å². The number of piperazine rings is 1. The van der Waals surface area contributed by atoms with Gasteiger partial charge in [-0.2, -0.15) is 5.10 Å². The Morgan fingerprint density at radius 2 is 1.76 bits per heavy atom. The van der Waals surface area contributed by atoms with E-state index < -0.39 is 0 Å². The fraction of sp³-hybridized carbons (Fsp3) is 0.217. The summed E-state index contributed by atoms with van der Waals surface area (Å²) in [6.45, 7) is 3.46. The van der Waals surface area contributed by atoms with Crippen molar-refractivity contribution in [1.29, 1.82) is 0 Å². The first kappa shape index (κ1) is 19.1. The van der Waals surface area contributed by atoms with E-state index in [0.717, 1.165) is 43.0 Å². The Balaban J connectivity index is 1.64. The standard InChI is InChI=1S/C23H23FN4O/c1-26-13-15-27(16-14-26)22(29)12-9-19-17-28(21-5-3-2-4-6-21)25-23(19)18-7-10-20(24)11-8-18/h2-12,17H,13-16H2,1H3/p+1/b12-9+. The average molecular weight is 391 g/mol. The summed E-state index contributed by atoms with van der Waals surface area (Å²) in [5.41, 5.74) is 3.24. The Hall–Kier alpha value is -3.25. The van der Waals surface area contributed by atoms with Gasteiger partial charge in [0.25, 0.3) is 0 Å². The van der Waals surface area contributed by atoms with Crippen molar-refractivity contribution in [2.24, 2.45) is 0 Å². The number of quaternary nitrogens is 1. The molecule has 0 atom stereocenters. The minimum Gasteiger partial charge on any atom is -0.334 e. The van der Waals surface area contributed by atoms with E-state index in [2.05, 4.69) is 7.05 Å². The Morgan fingerprint density at radius 3 is 2.45 bits per heavy atom. The zero-order chi connectivity index (χ0) is 20.2. The Bertz CT molecular complexity index is 1000. The Labute approximate surface area is 169 Å². The van der Waals surface area contributed by atoms with Crippen molar-refractivity contribution in [1.82, 2.24) is 14.7 Å². The van der Waals surface area contributed by atoms with Crippen LogP contribution in [-0.2, 0) is 4.79 Å². The van der Waals surface area contributed by atoms with Crippen LogP contribution in [0.25, 0.3) is 23.0 Å². The Kier molecular flexibility index (Phi) is 5.53. The van der Waals surface area contributed by atoms with Crippen LogP contribution in [0.1, 0.15) is 5.56 Å². The number of nitrogens with one attached hydrogen (secondary N) is 1. The van der Waals surface area contributed by atoms with E-state index in [0.29, 0.717) is 5.69 Å². The highest BCUT2D eigenvalue weighted by Gasteiger charge is 2.19. The van der Waals surface area contributed by atoms with Crippen LogP contribution in [0.5, 0.6) is 0 Å². The molecule has 1 saturated heterocycles. The van der Waals surface area contributed by atoms with Crippen molar-refractivity contribution in [3.63, 3.8) is 0 Å². The molecule has 148 valence electrons. The van der Waals surface area contributed by atoms with Crippen molar-refractivity contribution in [2.45, 2.75) is 0 Å². The van der Waals surface area contributed by atoms with Crippen LogP contribution in [0, 0.1) is 5.82 Å². The van der Waals surface area contributed by atoms with Crippen molar-refractivity contribution in [3.8, 4) is 16.9 Å². The number of carbonyl (C=O) groups is 1. The monoisotopic (exact) mass is 391 g/mol. The normalized spacial score (nSPS) is 15.2. The van der Waals surface area contributed by atoms with Crippen LogP contribution >= 0.6 is 0 Å². The highest BCUT2D eigenvalue weighted by molar-refractivity contribution is 5.93. The average Bonchev–Trinajstić information content (AvgIpc) is 3.18. The molecular weight excluding hydrogens is 367 g/mol. The molecule has 0 saturated carbocycles. The summed E-state index contributed by atoms with van der Waals surface area (Å²) in [5, 5.41) is 4.70. The number of amides is 1. The van der Waals surface area contributed by atoms with Crippen LogP contribution in [0.3, 0.4) is 0 Å². The van der Waals surface area contributed by atoms with Gasteiger partial charge in [-0.25, -0.2) is 9.07 Å². The first-order valence-electron chi connectivity index (χ1n) is 9.79. The predicted molar refractivity (Wildman–Crippen MR) is 111 cm³/mol. The molecular formula is C23H24FN4O+. The zero-order valence-electron chi connectivity index (χ0n) is 16.4. The van der Waals surface area contributed by atoms with E-state index in [9.17, 15) is 9.18 Å². The van der Waals surface area contributed by atoms with E-state index in [-0.39, 0.29) is 11.7 Å². The molecule has 0 radical (unpaired) electrons. The second-order valence-electron chi connectivity index (χ2n) is 7.34. The minimum absolute atomic E-state index is 0.00928. The summed E-state index contributed by atoms with van der Waals surface area (Å²) in [6, 6.07) is 16.0. The molecule has 6 heteroatoms. The predicted octanol–water partition coefficient (Wildman–Crippen LogP) is 2.05. The van der Waals surface area contributed by atoms with Crippen molar-refractivity contribution >= 4 is 12.0 Å². The number of halogens is 1. The van der Waals surface area contributed by atoms with E-state index in [4.69, 9.17) is 5.10 Å². The molecule has 1 fully saturated rings. The zero-order valence-corrected chi connectivity index (χ0v) is 16.4. The van der Waals surface area contributed by atoms with Crippen LogP contribution in [0.4, 0.5) is 4.39 Å². The van der Waals surface area contributed by atoms with Gasteiger partial charge >= 0.3 is 0 Å². The number of rotatable bonds is 4. The number of aromatic nitrogens is 2. The summed E-state index contributed by atoms with van der Waals surface area (Å²) in [6.07, 6.45) is 5.31. The van der Waals surface area contributed by atoms with Gasteiger partial charge in [-0.3, -0.25) is 4.79 Å². The molecule has 2 aromatic carbocycles. The topological polar surface area (TPSA) is 42.6 Å². The van der Waals surface area contributed by atoms with Gasteiger partial charge in [-0.15, -0.1) is 0 Å². The Morgan fingerprint density at radius 1 is 1.07 bits per heavy atom. The first-order valence-corrected chi connectivity index (χ1v) is 9.79. The molecule has 0 aliphatic carbocycles. The summed E-state index contributed by atoms with van der Waals surface area (Å²) in [4.78, 5) is 15.9. The molecule has 0 unspecified atom stereocenters. The highest BCUT2D eigenvalue weighted by atomic mass is 19.1. The van der Waals surface area contributed by atoms with Crippen LogP contribution in [0.2, 0.25) is 0 Å². The fourth-order valence-electron chi connectivity index (χ4n) is 3.43. The third kappa shape index (κ3) is 4.43. The lowest BCUT2D eigenvalue weighted by Crippen LogP contribution is -3.12. The molecule has 3 aromatic rings. The minimum atomic E-state index is -0.291. The largest absolute Gasteiger partial charge is 0.334 e. The summed E-state index contributed by atoms with van der Waals surface area (Å²) < 4.78 is 15.1. The third-order valence-corrected chi connectivity index (χ3v) is 5.22. The molecule has 1 N–H and O–H groups in total. The lowest BCUT2D eigenvalue weighted by Gasteiger charge is -2.29. The molecule has 1 aromatic heterocycles. The summed E-state index contributed by atoms with van der Waals surface area (Å²) in [5.74, 6) is -0.282. The molecule has 0 bridgehead atoms. The maximum Gasteiger partial charge on any atom is 0.246 e. The molecule has 2 heterocycles. The van der Waals surface area contributed by atoms with Crippen molar-refractivity contribution in [3.05, 3.63) is 78.3 Å². The maximum atomic E-state index is 13.4. The number of likely N-dealkylation sites (N-methyl/N-ethyl adjacent to an activating group) is 1. The van der Waals surface area contributed by atoms with Crippen molar-refractivity contribution < 1.29 is 14.1 Å². The lowest BCUT2D eigenvalue weighted by molar-refractivity contribution is -0.883. The molecule has 4 rings (SSSR count).